The van der Waals surface area contributed by atoms with E-state index in [2.05, 4.69) is 0 Å². The van der Waals surface area contributed by atoms with Gasteiger partial charge in [-0.3, -0.25) is 0 Å². The fourth-order valence-electron chi connectivity index (χ4n) is 1.91. The number of fused-ring (bicyclic) bond motifs is 1. The minimum atomic E-state index is -2.24. The second-order valence-corrected chi connectivity index (χ2v) is 3.86. The number of carbonyl (C=O) groups is 1. The Balaban J connectivity index is 2.37. The van der Waals surface area contributed by atoms with Crippen LogP contribution in [-0.2, 0) is 17.6 Å². The van der Waals surface area contributed by atoms with Gasteiger partial charge in [0.1, 0.15) is 5.82 Å². The number of alkyl halides is 1. The fourth-order valence-corrected chi connectivity index (χ4v) is 1.91. The molecule has 1 aliphatic carbocycles. The molecule has 0 saturated carbocycles. The van der Waals surface area contributed by atoms with Gasteiger partial charge in [0.25, 0.3) is 0 Å². The summed E-state index contributed by atoms with van der Waals surface area (Å²) in [4.78, 5) is 10.7. The molecule has 4 heteroatoms. The van der Waals surface area contributed by atoms with Crippen molar-refractivity contribution in [2.45, 2.75) is 24.9 Å². The molecule has 0 bridgehead atoms. The van der Waals surface area contributed by atoms with Crippen molar-refractivity contribution in [3.63, 3.8) is 0 Å². The van der Waals surface area contributed by atoms with Crippen LogP contribution in [0.5, 0.6) is 0 Å². The number of aryl methyl sites for hydroxylation is 1. The summed E-state index contributed by atoms with van der Waals surface area (Å²) in [6, 6.07) is 4.11. The van der Waals surface area contributed by atoms with E-state index in [1.54, 1.807) is 6.07 Å². The first kappa shape index (κ1) is 10.1. The first-order valence-corrected chi connectivity index (χ1v) is 4.71. The highest BCUT2D eigenvalue weighted by Crippen LogP contribution is 2.32. The maximum absolute atomic E-state index is 13.8. The molecular formula is C11H10F2O2. The Morgan fingerprint density at radius 1 is 1.40 bits per heavy atom. The summed E-state index contributed by atoms with van der Waals surface area (Å²) in [7, 11) is 0. The Morgan fingerprint density at radius 2 is 2.13 bits per heavy atom. The zero-order valence-electron chi connectivity index (χ0n) is 7.96. The van der Waals surface area contributed by atoms with E-state index in [-0.39, 0.29) is 12.8 Å². The van der Waals surface area contributed by atoms with E-state index < -0.39 is 17.5 Å². The Bertz CT molecular complexity index is 417. The fraction of sp³-hybridized carbons (Fsp3) is 0.364. The van der Waals surface area contributed by atoms with Crippen LogP contribution < -0.4 is 0 Å². The molecule has 0 spiro atoms. The second-order valence-electron chi connectivity index (χ2n) is 3.86. The summed E-state index contributed by atoms with van der Waals surface area (Å²) < 4.78 is 26.7. The van der Waals surface area contributed by atoms with Crippen LogP contribution in [-0.4, -0.2) is 16.7 Å². The number of aliphatic carboxylic acids is 1. The molecule has 1 atom stereocenters. The number of hydrogen-bond donors (Lipinski definition) is 1. The van der Waals surface area contributed by atoms with Crippen LogP contribution in [0.2, 0.25) is 0 Å². The standard InChI is InChI=1S/C11H10F2O2/c12-9-2-1-7-3-4-11(13,10(14)15)6-8(7)5-9/h1-2,5H,3-4,6H2,(H,14,15). The van der Waals surface area contributed by atoms with Crippen LogP contribution >= 0.6 is 0 Å². The Labute approximate surface area is 85.5 Å². The lowest BCUT2D eigenvalue weighted by Gasteiger charge is -2.27. The van der Waals surface area contributed by atoms with Crippen LogP contribution in [0.4, 0.5) is 8.78 Å². The van der Waals surface area contributed by atoms with Crippen molar-refractivity contribution in [1.82, 2.24) is 0 Å². The van der Waals surface area contributed by atoms with E-state index in [0.717, 1.165) is 5.56 Å². The van der Waals surface area contributed by atoms with Crippen LogP contribution in [0, 0.1) is 5.82 Å². The number of hydrogen-bond acceptors (Lipinski definition) is 1. The molecule has 0 amide bonds. The average molecular weight is 212 g/mol. The highest BCUT2D eigenvalue weighted by atomic mass is 19.1. The van der Waals surface area contributed by atoms with Gasteiger partial charge in [-0.15, -0.1) is 0 Å². The molecule has 80 valence electrons. The Hall–Kier alpha value is -1.45. The second kappa shape index (κ2) is 3.29. The average Bonchev–Trinajstić information content (AvgIpc) is 2.16. The summed E-state index contributed by atoms with van der Waals surface area (Å²) >= 11 is 0. The van der Waals surface area contributed by atoms with Crippen molar-refractivity contribution >= 4 is 5.97 Å². The molecule has 1 aliphatic rings. The van der Waals surface area contributed by atoms with Crippen molar-refractivity contribution in [3.8, 4) is 0 Å². The predicted molar refractivity (Wildman–Crippen MR) is 49.9 cm³/mol. The number of rotatable bonds is 1. The van der Waals surface area contributed by atoms with Crippen molar-refractivity contribution in [2.24, 2.45) is 0 Å². The van der Waals surface area contributed by atoms with Crippen LogP contribution in [0.1, 0.15) is 17.5 Å². The number of carboxylic acid groups (broad SMARTS) is 1. The van der Waals surface area contributed by atoms with Crippen LogP contribution in [0.25, 0.3) is 0 Å². The van der Waals surface area contributed by atoms with Crippen molar-refractivity contribution in [3.05, 3.63) is 35.1 Å². The third kappa shape index (κ3) is 1.71. The Kier molecular flexibility index (Phi) is 2.21. The highest BCUT2D eigenvalue weighted by Gasteiger charge is 2.41. The molecule has 0 saturated heterocycles. The third-order valence-corrected chi connectivity index (χ3v) is 2.81. The largest absolute Gasteiger partial charge is 0.479 e. The molecular weight excluding hydrogens is 202 g/mol. The summed E-state index contributed by atoms with van der Waals surface area (Å²) in [6.07, 6.45) is 0.0643. The van der Waals surface area contributed by atoms with Gasteiger partial charge < -0.3 is 5.11 Å². The summed E-state index contributed by atoms with van der Waals surface area (Å²) in [5, 5.41) is 8.72. The van der Waals surface area contributed by atoms with Gasteiger partial charge in [-0.25, -0.2) is 13.6 Å². The number of benzene rings is 1. The lowest BCUT2D eigenvalue weighted by molar-refractivity contribution is -0.151. The lowest BCUT2D eigenvalue weighted by atomic mass is 9.82. The van der Waals surface area contributed by atoms with Gasteiger partial charge in [0.05, 0.1) is 0 Å². The summed E-state index contributed by atoms with van der Waals surface area (Å²) in [5.41, 5.74) is -0.932. The molecule has 15 heavy (non-hydrogen) atoms. The van der Waals surface area contributed by atoms with Gasteiger partial charge in [0.2, 0.25) is 5.67 Å². The Morgan fingerprint density at radius 3 is 2.80 bits per heavy atom. The minimum Gasteiger partial charge on any atom is -0.479 e. The first-order chi connectivity index (χ1) is 7.01. The van der Waals surface area contributed by atoms with E-state index in [0.29, 0.717) is 12.0 Å². The molecule has 0 radical (unpaired) electrons. The monoisotopic (exact) mass is 212 g/mol. The molecule has 0 aromatic heterocycles. The van der Waals surface area contributed by atoms with E-state index >= 15 is 0 Å². The van der Waals surface area contributed by atoms with Gasteiger partial charge in [0, 0.05) is 6.42 Å². The number of carboxylic acids is 1. The molecule has 2 rings (SSSR count). The van der Waals surface area contributed by atoms with E-state index in [4.69, 9.17) is 5.11 Å². The first-order valence-electron chi connectivity index (χ1n) is 4.71. The topological polar surface area (TPSA) is 37.3 Å². The summed E-state index contributed by atoms with van der Waals surface area (Å²) in [6.45, 7) is 0. The quantitative estimate of drug-likeness (QED) is 0.774. The molecule has 1 aromatic rings. The molecule has 1 unspecified atom stereocenters. The highest BCUT2D eigenvalue weighted by molar-refractivity contribution is 5.78. The summed E-state index contributed by atoms with van der Waals surface area (Å²) in [5.74, 6) is -1.92. The molecule has 2 nitrogen and oxygen atoms in total. The van der Waals surface area contributed by atoms with E-state index in [1.807, 2.05) is 0 Å². The number of halogens is 2. The maximum Gasteiger partial charge on any atom is 0.341 e. The molecule has 0 fully saturated rings. The smallest absolute Gasteiger partial charge is 0.341 e. The normalized spacial score (nSPS) is 24.7. The predicted octanol–water partition coefficient (Wildman–Crippen LogP) is 2.11. The zero-order valence-corrected chi connectivity index (χ0v) is 7.96. The van der Waals surface area contributed by atoms with Crippen molar-refractivity contribution in [1.29, 1.82) is 0 Å². The lowest BCUT2D eigenvalue weighted by Crippen LogP contribution is -2.39. The molecule has 1 N–H and O–H groups in total. The third-order valence-electron chi connectivity index (χ3n) is 2.81. The van der Waals surface area contributed by atoms with Gasteiger partial charge >= 0.3 is 5.97 Å². The van der Waals surface area contributed by atoms with Gasteiger partial charge in [-0.2, -0.15) is 0 Å². The molecule has 0 aliphatic heterocycles. The van der Waals surface area contributed by atoms with E-state index in [1.165, 1.54) is 12.1 Å². The van der Waals surface area contributed by atoms with Crippen molar-refractivity contribution < 1.29 is 18.7 Å². The van der Waals surface area contributed by atoms with Crippen molar-refractivity contribution in [2.75, 3.05) is 0 Å². The molecule has 0 heterocycles. The minimum absolute atomic E-state index is 0.0407. The van der Waals surface area contributed by atoms with E-state index in [9.17, 15) is 13.6 Å². The van der Waals surface area contributed by atoms with Gasteiger partial charge in [-0.05, 0) is 36.1 Å². The van der Waals surface area contributed by atoms with Crippen LogP contribution in [0.3, 0.4) is 0 Å². The van der Waals surface area contributed by atoms with Gasteiger partial charge in [0.15, 0.2) is 0 Å². The van der Waals surface area contributed by atoms with Gasteiger partial charge in [-0.1, -0.05) is 6.07 Å². The zero-order chi connectivity index (χ0) is 11.1. The van der Waals surface area contributed by atoms with Crippen LogP contribution in [0.15, 0.2) is 18.2 Å². The molecule has 1 aromatic carbocycles. The maximum atomic E-state index is 13.8. The SMILES string of the molecule is O=C(O)C1(F)CCc2ccc(F)cc2C1.